The molecule has 0 saturated carbocycles. The second kappa shape index (κ2) is 13.5. The predicted molar refractivity (Wildman–Crippen MR) is 167 cm³/mol. The van der Waals surface area contributed by atoms with Crippen molar-refractivity contribution in [2.24, 2.45) is 5.92 Å². The summed E-state index contributed by atoms with van der Waals surface area (Å²) in [5.74, 6) is -0.0833. The van der Waals surface area contributed by atoms with Gasteiger partial charge in [0.05, 0.1) is 23.2 Å². The lowest BCUT2D eigenvalue weighted by atomic mass is 9.96. The SMILES string of the molecule is CN1CCC(CN2CCN(CC(=O)N3CCN(C(=O)c4cc(Cc5n[nH]c(=O)c6ccccc56)ccc4F)CC3)CC2)CC1. The van der Waals surface area contributed by atoms with E-state index in [1.165, 1.54) is 32.0 Å². The summed E-state index contributed by atoms with van der Waals surface area (Å²) in [7, 11) is 2.20. The maximum Gasteiger partial charge on any atom is 0.272 e. The van der Waals surface area contributed by atoms with Gasteiger partial charge in [-0.15, -0.1) is 0 Å². The normalized spacial score (nSPS) is 19.5. The van der Waals surface area contributed by atoms with Gasteiger partial charge in [-0.05, 0) is 62.7 Å². The maximum atomic E-state index is 14.9. The highest BCUT2D eigenvalue weighted by Gasteiger charge is 2.29. The van der Waals surface area contributed by atoms with Crippen molar-refractivity contribution in [1.82, 2.24) is 34.7 Å². The fourth-order valence-electron chi connectivity index (χ4n) is 6.71. The van der Waals surface area contributed by atoms with Crippen LogP contribution in [0.1, 0.15) is 34.5 Å². The number of piperazine rings is 2. The van der Waals surface area contributed by atoms with Crippen LogP contribution in [0.25, 0.3) is 10.8 Å². The molecule has 0 atom stereocenters. The van der Waals surface area contributed by atoms with Crippen LogP contribution in [0.3, 0.4) is 0 Å². The number of fused-ring (bicyclic) bond motifs is 1. The Bertz CT molecular complexity index is 1540. The summed E-state index contributed by atoms with van der Waals surface area (Å²) >= 11 is 0. The van der Waals surface area contributed by atoms with Crippen molar-refractivity contribution < 1.29 is 14.0 Å². The summed E-state index contributed by atoms with van der Waals surface area (Å²) in [4.78, 5) is 49.3. The zero-order valence-corrected chi connectivity index (χ0v) is 25.5. The molecule has 6 rings (SSSR count). The molecule has 0 unspecified atom stereocenters. The lowest BCUT2D eigenvalue weighted by Crippen LogP contribution is -2.55. The number of amides is 2. The molecular formula is C33H42FN7O3. The molecule has 3 aliphatic rings. The first-order chi connectivity index (χ1) is 21.3. The lowest BCUT2D eigenvalue weighted by molar-refractivity contribution is -0.134. The number of carbonyl (C=O) groups excluding carboxylic acids is 2. The molecule has 10 nitrogen and oxygen atoms in total. The third-order valence-electron chi connectivity index (χ3n) is 9.51. The van der Waals surface area contributed by atoms with E-state index in [4.69, 9.17) is 0 Å². The molecule has 3 saturated heterocycles. The number of likely N-dealkylation sites (tertiary alicyclic amines) is 1. The van der Waals surface area contributed by atoms with E-state index in [9.17, 15) is 18.8 Å². The highest BCUT2D eigenvalue weighted by Crippen LogP contribution is 2.21. The van der Waals surface area contributed by atoms with Crippen LogP contribution in [0.2, 0.25) is 0 Å². The molecule has 2 amide bonds. The molecule has 44 heavy (non-hydrogen) atoms. The van der Waals surface area contributed by atoms with Crippen LogP contribution in [0.4, 0.5) is 4.39 Å². The molecule has 0 radical (unpaired) electrons. The van der Waals surface area contributed by atoms with Crippen LogP contribution in [-0.4, -0.2) is 132 Å². The fraction of sp³-hybridized carbons (Fsp3) is 0.515. The summed E-state index contributed by atoms with van der Waals surface area (Å²) in [5, 5.41) is 8.00. The van der Waals surface area contributed by atoms with Gasteiger partial charge in [0, 0.05) is 70.7 Å². The summed E-state index contributed by atoms with van der Waals surface area (Å²) in [5.41, 5.74) is 1.11. The molecule has 1 N–H and O–H groups in total. The molecule has 2 aromatic carbocycles. The number of nitrogens with zero attached hydrogens (tertiary/aromatic N) is 6. The Kier molecular flexibility index (Phi) is 9.34. The number of hydrogen-bond acceptors (Lipinski definition) is 7. The summed E-state index contributed by atoms with van der Waals surface area (Å²) in [6.45, 7) is 9.35. The number of halogens is 1. The van der Waals surface area contributed by atoms with Gasteiger partial charge >= 0.3 is 0 Å². The number of benzene rings is 2. The number of aromatic nitrogens is 2. The van der Waals surface area contributed by atoms with Gasteiger partial charge in [0.1, 0.15) is 5.82 Å². The Morgan fingerprint density at radius 1 is 0.864 bits per heavy atom. The van der Waals surface area contributed by atoms with Crippen LogP contribution < -0.4 is 5.56 Å². The minimum absolute atomic E-state index is 0.00845. The molecule has 0 bridgehead atoms. The molecule has 3 fully saturated rings. The smallest absolute Gasteiger partial charge is 0.272 e. The number of H-pyrrole nitrogens is 1. The van der Waals surface area contributed by atoms with Crippen LogP contribution in [0, 0.1) is 11.7 Å². The van der Waals surface area contributed by atoms with Crippen molar-refractivity contribution in [2.45, 2.75) is 19.3 Å². The van der Waals surface area contributed by atoms with E-state index in [1.54, 1.807) is 29.2 Å². The molecule has 1 aromatic heterocycles. The third-order valence-corrected chi connectivity index (χ3v) is 9.51. The molecule has 3 aliphatic heterocycles. The fourth-order valence-corrected chi connectivity index (χ4v) is 6.71. The van der Waals surface area contributed by atoms with E-state index >= 15 is 0 Å². The van der Waals surface area contributed by atoms with Crippen molar-refractivity contribution in [3.8, 4) is 0 Å². The number of rotatable bonds is 7. The number of nitrogens with one attached hydrogen (secondary N) is 1. The number of hydrogen-bond donors (Lipinski definition) is 1. The van der Waals surface area contributed by atoms with Crippen LogP contribution >= 0.6 is 0 Å². The van der Waals surface area contributed by atoms with Gasteiger partial charge < -0.3 is 19.6 Å². The largest absolute Gasteiger partial charge is 0.338 e. The topological polar surface area (TPSA) is 96.1 Å². The first-order valence-electron chi connectivity index (χ1n) is 15.8. The minimum Gasteiger partial charge on any atom is -0.338 e. The molecule has 0 aliphatic carbocycles. The molecular weight excluding hydrogens is 561 g/mol. The van der Waals surface area contributed by atoms with Crippen molar-refractivity contribution in [3.63, 3.8) is 0 Å². The number of piperidine rings is 1. The van der Waals surface area contributed by atoms with E-state index in [-0.39, 0.29) is 22.9 Å². The molecule has 0 spiro atoms. The zero-order valence-electron chi connectivity index (χ0n) is 25.5. The summed E-state index contributed by atoms with van der Waals surface area (Å²) in [6, 6.07) is 11.7. The van der Waals surface area contributed by atoms with Gasteiger partial charge in [0.2, 0.25) is 5.91 Å². The molecule has 4 heterocycles. The average molecular weight is 604 g/mol. The highest BCUT2D eigenvalue weighted by molar-refractivity contribution is 5.95. The van der Waals surface area contributed by atoms with Crippen molar-refractivity contribution >= 4 is 22.6 Å². The Morgan fingerprint density at radius 3 is 2.25 bits per heavy atom. The zero-order chi connectivity index (χ0) is 30.6. The molecule has 3 aromatic rings. The lowest BCUT2D eigenvalue weighted by Gasteiger charge is -2.39. The van der Waals surface area contributed by atoms with Gasteiger partial charge in [-0.2, -0.15) is 5.10 Å². The summed E-state index contributed by atoms with van der Waals surface area (Å²) < 4.78 is 14.9. The van der Waals surface area contributed by atoms with E-state index in [0.29, 0.717) is 50.2 Å². The number of carbonyl (C=O) groups is 2. The monoisotopic (exact) mass is 603 g/mol. The van der Waals surface area contributed by atoms with E-state index in [0.717, 1.165) is 49.6 Å². The van der Waals surface area contributed by atoms with Crippen LogP contribution in [0.15, 0.2) is 47.3 Å². The highest BCUT2D eigenvalue weighted by atomic mass is 19.1. The minimum atomic E-state index is -0.577. The Morgan fingerprint density at radius 2 is 1.52 bits per heavy atom. The second-order valence-electron chi connectivity index (χ2n) is 12.5. The van der Waals surface area contributed by atoms with Gasteiger partial charge in [-0.3, -0.25) is 19.3 Å². The Hall–Kier alpha value is -3.67. The maximum absolute atomic E-state index is 14.9. The molecule has 234 valence electrons. The second-order valence-corrected chi connectivity index (χ2v) is 12.5. The molecule has 11 heteroatoms. The predicted octanol–water partition coefficient (Wildman–Crippen LogP) is 1.90. The van der Waals surface area contributed by atoms with E-state index < -0.39 is 5.82 Å². The van der Waals surface area contributed by atoms with E-state index in [1.807, 2.05) is 17.0 Å². The van der Waals surface area contributed by atoms with Crippen molar-refractivity contribution in [2.75, 3.05) is 85.6 Å². The quantitative estimate of drug-likeness (QED) is 0.441. The van der Waals surface area contributed by atoms with E-state index in [2.05, 4.69) is 31.9 Å². The Labute approximate surface area is 257 Å². The first kappa shape index (κ1) is 30.4. The number of aromatic amines is 1. The Balaban J connectivity index is 0.992. The van der Waals surface area contributed by atoms with Crippen molar-refractivity contribution in [3.05, 3.63) is 75.5 Å². The van der Waals surface area contributed by atoms with Gasteiger partial charge in [-0.1, -0.05) is 24.3 Å². The summed E-state index contributed by atoms with van der Waals surface area (Å²) in [6.07, 6.45) is 2.88. The van der Waals surface area contributed by atoms with Gasteiger partial charge in [0.25, 0.3) is 11.5 Å². The van der Waals surface area contributed by atoms with Gasteiger partial charge in [-0.25, -0.2) is 9.49 Å². The van der Waals surface area contributed by atoms with Gasteiger partial charge in [0.15, 0.2) is 0 Å². The first-order valence-corrected chi connectivity index (χ1v) is 15.8. The van der Waals surface area contributed by atoms with Crippen LogP contribution in [0.5, 0.6) is 0 Å². The average Bonchev–Trinajstić information content (AvgIpc) is 3.05. The van der Waals surface area contributed by atoms with Crippen molar-refractivity contribution in [1.29, 1.82) is 0 Å². The third kappa shape index (κ3) is 7.00. The standard InChI is InChI=1S/C33H42FN7O3/c1-37-10-8-24(9-11-37)22-38-12-14-39(15-13-38)23-31(42)40-16-18-41(19-17-40)33(44)28-20-25(6-7-29(28)34)21-30-26-4-2-3-5-27(26)32(43)36-35-30/h2-7,20,24H,8-19,21-23H2,1H3,(H,36,43). The van der Waals surface area contributed by atoms with Crippen LogP contribution in [-0.2, 0) is 11.2 Å².